The average Bonchev–Trinajstić information content (AvgIpc) is 2.29. The molecule has 82 valence electrons. The Hall–Kier alpha value is -1.88. The highest BCUT2D eigenvalue weighted by Gasteiger charge is 2.14. The molecule has 2 N–H and O–H groups in total. The molecule has 0 saturated heterocycles. The third-order valence-electron chi connectivity index (χ3n) is 2.26. The number of aryl methyl sites for hydroxylation is 1. The van der Waals surface area contributed by atoms with Gasteiger partial charge in [-0.25, -0.2) is 14.4 Å². The first kappa shape index (κ1) is 10.6. The highest BCUT2D eigenvalue weighted by molar-refractivity contribution is 5.25. The fraction of sp³-hybridized carbons (Fsp3) is 0.182. The van der Waals surface area contributed by atoms with Crippen LogP contribution in [0.5, 0.6) is 0 Å². The lowest BCUT2D eigenvalue weighted by atomic mass is 10.1. The van der Waals surface area contributed by atoms with Gasteiger partial charge in [0.1, 0.15) is 11.6 Å². The smallest absolute Gasteiger partial charge is 0.146 e. The zero-order valence-corrected chi connectivity index (χ0v) is 8.76. The van der Waals surface area contributed by atoms with Crippen LogP contribution < -0.4 is 5.73 Å². The van der Waals surface area contributed by atoms with E-state index >= 15 is 0 Å². The molecular formula is C11H11FN4. The SMILES string of the molecule is Cc1nccc(C(N)c2ccncc2F)n1. The first-order valence-electron chi connectivity index (χ1n) is 4.83. The van der Waals surface area contributed by atoms with Gasteiger partial charge in [0.2, 0.25) is 0 Å². The molecular weight excluding hydrogens is 207 g/mol. The van der Waals surface area contributed by atoms with Crippen LogP contribution in [0.4, 0.5) is 4.39 Å². The van der Waals surface area contributed by atoms with Crippen molar-refractivity contribution in [2.24, 2.45) is 5.73 Å². The molecule has 0 aromatic carbocycles. The van der Waals surface area contributed by atoms with Crippen LogP contribution in [-0.2, 0) is 0 Å². The van der Waals surface area contributed by atoms with Crippen LogP contribution in [0.15, 0.2) is 30.7 Å². The predicted molar refractivity (Wildman–Crippen MR) is 57.0 cm³/mol. The predicted octanol–water partition coefficient (Wildman–Crippen LogP) is 1.37. The van der Waals surface area contributed by atoms with E-state index in [4.69, 9.17) is 5.73 Å². The number of nitrogens with zero attached hydrogens (tertiary/aromatic N) is 3. The van der Waals surface area contributed by atoms with Gasteiger partial charge >= 0.3 is 0 Å². The van der Waals surface area contributed by atoms with Gasteiger partial charge in [0, 0.05) is 18.0 Å². The molecule has 0 aliphatic heterocycles. The fourth-order valence-corrected chi connectivity index (χ4v) is 1.45. The van der Waals surface area contributed by atoms with Crippen LogP contribution in [0.2, 0.25) is 0 Å². The van der Waals surface area contributed by atoms with Gasteiger partial charge in [-0.15, -0.1) is 0 Å². The number of hydrogen-bond acceptors (Lipinski definition) is 4. The van der Waals surface area contributed by atoms with Gasteiger partial charge in [-0.05, 0) is 19.1 Å². The molecule has 0 fully saturated rings. The molecule has 0 radical (unpaired) electrons. The molecule has 0 saturated carbocycles. The van der Waals surface area contributed by atoms with Gasteiger partial charge < -0.3 is 5.73 Å². The summed E-state index contributed by atoms with van der Waals surface area (Å²) < 4.78 is 13.4. The van der Waals surface area contributed by atoms with Crippen molar-refractivity contribution in [1.82, 2.24) is 15.0 Å². The highest BCUT2D eigenvalue weighted by Crippen LogP contribution is 2.19. The molecule has 0 aliphatic rings. The van der Waals surface area contributed by atoms with E-state index in [0.717, 1.165) is 6.20 Å². The summed E-state index contributed by atoms with van der Waals surface area (Å²) in [5.41, 5.74) is 6.91. The van der Waals surface area contributed by atoms with Crippen molar-refractivity contribution < 1.29 is 4.39 Å². The number of pyridine rings is 1. The topological polar surface area (TPSA) is 64.7 Å². The van der Waals surface area contributed by atoms with Gasteiger partial charge in [0.05, 0.1) is 17.9 Å². The van der Waals surface area contributed by atoms with Crippen molar-refractivity contribution in [2.75, 3.05) is 0 Å². The van der Waals surface area contributed by atoms with Crippen LogP contribution in [0.3, 0.4) is 0 Å². The number of aromatic nitrogens is 3. The lowest BCUT2D eigenvalue weighted by Gasteiger charge is -2.11. The lowest BCUT2D eigenvalue weighted by molar-refractivity contribution is 0.590. The summed E-state index contributed by atoms with van der Waals surface area (Å²) in [7, 11) is 0. The Labute approximate surface area is 92.4 Å². The molecule has 2 aromatic rings. The molecule has 1 unspecified atom stereocenters. The van der Waals surface area contributed by atoms with Crippen LogP contribution in [-0.4, -0.2) is 15.0 Å². The van der Waals surface area contributed by atoms with Crippen molar-refractivity contribution in [3.63, 3.8) is 0 Å². The molecule has 0 aliphatic carbocycles. The van der Waals surface area contributed by atoms with E-state index in [2.05, 4.69) is 15.0 Å². The van der Waals surface area contributed by atoms with Gasteiger partial charge in [-0.3, -0.25) is 4.98 Å². The molecule has 0 spiro atoms. The summed E-state index contributed by atoms with van der Waals surface area (Å²) in [6.07, 6.45) is 4.26. The molecule has 5 heteroatoms. The van der Waals surface area contributed by atoms with Crippen LogP contribution in [0.1, 0.15) is 23.1 Å². The van der Waals surface area contributed by atoms with E-state index in [1.54, 1.807) is 25.3 Å². The highest BCUT2D eigenvalue weighted by atomic mass is 19.1. The monoisotopic (exact) mass is 218 g/mol. The Bertz CT molecular complexity index is 501. The van der Waals surface area contributed by atoms with Crippen molar-refractivity contribution in [3.8, 4) is 0 Å². The largest absolute Gasteiger partial charge is 0.319 e. The summed E-state index contributed by atoms with van der Waals surface area (Å²) in [5.74, 6) is 0.189. The Morgan fingerprint density at radius 3 is 2.81 bits per heavy atom. The third kappa shape index (κ3) is 2.04. The average molecular weight is 218 g/mol. The number of hydrogen-bond donors (Lipinski definition) is 1. The molecule has 0 amide bonds. The van der Waals surface area contributed by atoms with Crippen LogP contribution in [0.25, 0.3) is 0 Å². The maximum absolute atomic E-state index is 13.4. The lowest BCUT2D eigenvalue weighted by Crippen LogP contribution is -2.16. The van der Waals surface area contributed by atoms with Crippen LogP contribution >= 0.6 is 0 Å². The first-order chi connectivity index (χ1) is 7.68. The quantitative estimate of drug-likeness (QED) is 0.826. The Kier molecular flexibility index (Phi) is 2.87. The van der Waals surface area contributed by atoms with Gasteiger partial charge in [0.15, 0.2) is 0 Å². The fourth-order valence-electron chi connectivity index (χ4n) is 1.45. The van der Waals surface area contributed by atoms with Crippen molar-refractivity contribution in [1.29, 1.82) is 0 Å². The maximum Gasteiger partial charge on any atom is 0.146 e. The molecule has 4 nitrogen and oxygen atoms in total. The molecule has 2 rings (SSSR count). The van der Waals surface area contributed by atoms with E-state index in [9.17, 15) is 4.39 Å². The molecule has 1 atom stereocenters. The summed E-state index contributed by atoms with van der Waals surface area (Å²) in [5, 5.41) is 0. The minimum absolute atomic E-state index is 0.383. The van der Waals surface area contributed by atoms with E-state index < -0.39 is 11.9 Å². The summed E-state index contributed by atoms with van der Waals surface area (Å²) in [6.45, 7) is 1.76. The summed E-state index contributed by atoms with van der Waals surface area (Å²) in [6, 6.07) is 2.64. The van der Waals surface area contributed by atoms with E-state index in [0.29, 0.717) is 17.1 Å². The van der Waals surface area contributed by atoms with E-state index in [-0.39, 0.29) is 0 Å². The second-order valence-corrected chi connectivity index (χ2v) is 3.40. The van der Waals surface area contributed by atoms with Gasteiger partial charge in [0.25, 0.3) is 0 Å². The number of halogens is 1. The van der Waals surface area contributed by atoms with Gasteiger partial charge in [-0.2, -0.15) is 0 Å². The van der Waals surface area contributed by atoms with E-state index in [1.165, 1.54) is 6.20 Å². The molecule has 2 heterocycles. The first-order valence-corrected chi connectivity index (χ1v) is 4.83. The maximum atomic E-state index is 13.4. The second kappa shape index (κ2) is 4.32. The number of rotatable bonds is 2. The standard InChI is InChI=1S/C11H11FN4/c1-7-15-5-3-10(16-7)11(13)8-2-4-14-6-9(8)12/h2-6,11H,13H2,1H3. The molecule has 16 heavy (non-hydrogen) atoms. The molecule has 0 bridgehead atoms. The van der Waals surface area contributed by atoms with Crippen LogP contribution in [0, 0.1) is 12.7 Å². The minimum Gasteiger partial charge on any atom is -0.319 e. The van der Waals surface area contributed by atoms with Crippen molar-refractivity contribution in [2.45, 2.75) is 13.0 Å². The second-order valence-electron chi connectivity index (χ2n) is 3.40. The minimum atomic E-state index is -0.593. The number of nitrogens with two attached hydrogens (primary N) is 1. The normalized spacial score (nSPS) is 12.4. The van der Waals surface area contributed by atoms with Crippen molar-refractivity contribution >= 4 is 0 Å². The molecule has 2 aromatic heterocycles. The zero-order chi connectivity index (χ0) is 11.5. The third-order valence-corrected chi connectivity index (χ3v) is 2.26. The Morgan fingerprint density at radius 1 is 1.31 bits per heavy atom. The summed E-state index contributed by atoms with van der Waals surface area (Å²) >= 11 is 0. The van der Waals surface area contributed by atoms with Gasteiger partial charge in [-0.1, -0.05) is 0 Å². The summed E-state index contributed by atoms with van der Waals surface area (Å²) in [4.78, 5) is 11.8. The van der Waals surface area contributed by atoms with Crippen molar-refractivity contribution in [3.05, 3.63) is 53.6 Å². The Balaban J connectivity index is 2.39. The van der Waals surface area contributed by atoms with E-state index in [1.807, 2.05) is 0 Å². The Morgan fingerprint density at radius 2 is 2.12 bits per heavy atom. The zero-order valence-electron chi connectivity index (χ0n) is 8.76.